The number of amides is 1. The minimum Gasteiger partial charge on any atom is -0.351 e. The van der Waals surface area contributed by atoms with Crippen molar-refractivity contribution >= 4 is 17.5 Å². The van der Waals surface area contributed by atoms with Gasteiger partial charge in [-0.2, -0.15) is 0 Å². The van der Waals surface area contributed by atoms with Gasteiger partial charge in [0.1, 0.15) is 0 Å². The SMILES string of the molecule is CCC(CCCl)CNC(=O)c1cc(C)no1. The van der Waals surface area contributed by atoms with Crippen molar-refractivity contribution in [3.05, 3.63) is 17.5 Å². The molecule has 0 aliphatic rings. The number of nitrogens with one attached hydrogen (secondary N) is 1. The highest BCUT2D eigenvalue weighted by Crippen LogP contribution is 2.08. The molecule has 1 N–H and O–H groups in total. The summed E-state index contributed by atoms with van der Waals surface area (Å²) in [6.07, 6.45) is 1.91. The van der Waals surface area contributed by atoms with Crippen LogP contribution < -0.4 is 5.32 Å². The number of aryl methyl sites for hydroxylation is 1. The minimum absolute atomic E-state index is 0.214. The van der Waals surface area contributed by atoms with Crippen LogP contribution in [0, 0.1) is 12.8 Å². The molecule has 1 atom stereocenters. The number of alkyl halides is 1. The van der Waals surface area contributed by atoms with Gasteiger partial charge in [0.05, 0.1) is 5.69 Å². The van der Waals surface area contributed by atoms with Crippen LogP contribution in [0.3, 0.4) is 0 Å². The monoisotopic (exact) mass is 244 g/mol. The maximum absolute atomic E-state index is 11.6. The van der Waals surface area contributed by atoms with Crippen molar-refractivity contribution in [2.45, 2.75) is 26.7 Å². The molecule has 1 aromatic heterocycles. The summed E-state index contributed by atoms with van der Waals surface area (Å²) in [5.74, 6) is 1.09. The zero-order valence-corrected chi connectivity index (χ0v) is 10.4. The average molecular weight is 245 g/mol. The molecule has 0 saturated carbocycles. The fourth-order valence-electron chi connectivity index (χ4n) is 1.40. The van der Waals surface area contributed by atoms with E-state index in [2.05, 4.69) is 17.4 Å². The summed E-state index contributed by atoms with van der Waals surface area (Å²) in [6.45, 7) is 4.49. The van der Waals surface area contributed by atoms with E-state index in [-0.39, 0.29) is 11.7 Å². The van der Waals surface area contributed by atoms with Crippen molar-refractivity contribution in [3.63, 3.8) is 0 Å². The minimum atomic E-state index is -0.214. The molecule has 5 heteroatoms. The normalized spacial score (nSPS) is 12.4. The van der Waals surface area contributed by atoms with Gasteiger partial charge in [-0.25, -0.2) is 0 Å². The van der Waals surface area contributed by atoms with Gasteiger partial charge >= 0.3 is 0 Å². The van der Waals surface area contributed by atoms with Gasteiger partial charge in [-0.3, -0.25) is 4.79 Å². The predicted octanol–water partition coefficient (Wildman–Crippen LogP) is 2.37. The summed E-state index contributed by atoms with van der Waals surface area (Å²) in [7, 11) is 0. The molecule has 1 amide bonds. The van der Waals surface area contributed by atoms with Crippen LogP contribution in [0.1, 0.15) is 36.0 Å². The number of aromatic nitrogens is 1. The molecule has 4 nitrogen and oxygen atoms in total. The van der Waals surface area contributed by atoms with E-state index in [1.807, 2.05) is 0 Å². The van der Waals surface area contributed by atoms with Crippen LogP contribution in [-0.2, 0) is 0 Å². The lowest BCUT2D eigenvalue weighted by atomic mass is 10.0. The van der Waals surface area contributed by atoms with Crippen molar-refractivity contribution in [3.8, 4) is 0 Å². The average Bonchev–Trinajstić information content (AvgIpc) is 2.70. The van der Waals surface area contributed by atoms with E-state index in [9.17, 15) is 4.79 Å². The lowest BCUT2D eigenvalue weighted by molar-refractivity contribution is 0.0909. The van der Waals surface area contributed by atoms with Crippen molar-refractivity contribution in [1.82, 2.24) is 10.5 Å². The van der Waals surface area contributed by atoms with Gasteiger partial charge in [0, 0.05) is 18.5 Å². The summed E-state index contributed by atoms with van der Waals surface area (Å²) in [5.41, 5.74) is 0.706. The Hall–Kier alpha value is -1.03. The molecule has 16 heavy (non-hydrogen) atoms. The largest absolute Gasteiger partial charge is 0.351 e. The highest BCUT2D eigenvalue weighted by molar-refractivity contribution is 6.17. The molecule has 90 valence electrons. The Kier molecular flexibility index (Phi) is 5.32. The van der Waals surface area contributed by atoms with Crippen LogP contribution in [-0.4, -0.2) is 23.5 Å². The van der Waals surface area contributed by atoms with Crippen molar-refractivity contribution in [2.75, 3.05) is 12.4 Å². The van der Waals surface area contributed by atoms with Gasteiger partial charge in [-0.05, 0) is 19.3 Å². The number of rotatable bonds is 6. The third-order valence-electron chi connectivity index (χ3n) is 2.50. The smallest absolute Gasteiger partial charge is 0.289 e. The van der Waals surface area contributed by atoms with Gasteiger partial charge < -0.3 is 9.84 Å². The van der Waals surface area contributed by atoms with Crippen molar-refractivity contribution < 1.29 is 9.32 Å². The third kappa shape index (κ3) is 3.85. The molecule has 0 bridgehead atoms. The number of hydrogen-bond acceptors (Lipinski definition) is 3. The van der Waals surface area contributed by atoms with Gasteiger partial charge in [-0.15, -0.1) is 11.6 Å². The Morgan fingerprint density at radius 3 is 2.94 bits per heavy atom. The van der Waals surface area contributed by atoms with Crippen LogP contribution in [0.25, 0.3) is 0 Å². The number of carbonyl (C=O) groups excluding carboxylic acids is 1. The first-order valence-electron chi connectivity index (χ1n) is 5.44. The molecule has 0 saturated heterocycles. The predicted molar refractivity (Wildman–Crippen MR) is 62.7 cm³/mol. The second kappa shape index (κ2) is 6.53. The summed E-state index contributed by atoms with van der Waals surface area (Å²) >= 11 is 5.67. The second-order valence-corrected chi connectivity index (χ2v) is 4.17. The summed E-state index contributed by atoms with van der Waals surface area (Å²) < 4.78 is 4.86. The molecule has 1 aromatic rings. The maximum Gasteiger partial charge on any atom is 0.289 e. The van der Waals surface area contributed by atoms with Crippen LogP contribution >= 0.6 is 11.6 Å². The highest BCUT2D eigenvalue weighted by atomic mass is 35.5. The van der Waals surface area contributed by atoms with Crippen LogP contribution in [0.5, 0.6) is 0 Å². The van der Waals surface area contributed by atoms with Crippen LogP contribution in [0.2, 0.25) is 0 Å². The molecular formula is C11H17ClN2O2. The Morgan fingerprint density at radius 1 is 1.69 bits per heavy atom. The fourth-order valence-corrected chi connectivity index (χ4v) is 1.71. The van der Waals surface area contributed by atoms with Crippen molar-refractivity contribution in [2.24, 2.45) is 5.92 Å². The summed E-state index contributed by atoms with van der Waals surface area (Å²) in [6, 6.07) is 1.62. The van der Waals surface area contributed by atoms with Crippen molar-refractivity contribution in [1.29, 1.82) is 0 Å². The van der Waals surface area contributed by atoms with E-state index in [0.717, 1.165) is 12.8 Å². The first-order valence-corrected chi connectivity index (χ1v) is 5.98. The Morgan fingerprint density at radius 2 is 2.44 bits per heavy atom. The summed E-state index contributed by atoms with van der Waals surface area (Å²) in [4.78, 5) is 11.6. The Labute approximate surface area is 100 Å². The third-order valence-corrected chi connectivity index (χ3v) is 2.72. The Balaban J connectivity index is 2.40. The summed E-state index contributed by atoms with van der Waals surface area (Å²) in [5, 5.41) is 6.48. The first kappa shape index (κ1) is 13.0. The number of carbonyl (C=O) groups is 1. The van der Waals surface area contributed by atoms with E-state index in [4.69, 9.17) is 16.1 Å². The maximum atomic E-state index is 11.6. The van der Waals surface area contributed by atoms with E-state index in [0.29, 0.717) is 24.0 Å². The topological polar surface area (TPSA) is 55.1 Å². The van der Waals surface area contributed by atoms with E-state index in [1.54, 1.807) is 13.0 Å². The van der Waals surface area contributed by atoms with Crippen LogP contribution in [0.15, 0.2) is 10.6 Å². The van der Waals surface area contributed by atoms with Gasteiger partial charge in [0.25, 0.3) is 5.91 Å². The molecule has 0 spiro atoms. The quantitative estimate of drug-likeness (QED) is 0.782. The van der Waals surface area contributed by atoms with Crippen LogP contribution in [0.4, 0.5) is 0 Å². The lowest BCUT2D eigenvalue weighted by Crippen LogP contribution is -2.29. The standard InChI is InChI=1S/C11H17ClN2O2/c1-3-9(4-5-12)7-13-11(15)10-6-8(2)14-16-10/h6,9H,3-5,7H2,1-2H3,(H,13,15). The fraction of sp³-hybridized carbons (Fsp3) is 0.636. The molecule has 0 radical (unpaired) electrons. The van der Waals surface area contributed by atoms with Gasteiger partial charge in [0.2, 0.25) is 5.76 Å². The first-order chi connectivity index (χ1) is 7.67. The number of hydrogen-bond donors (Lipinski definition) is 1. The Bertz CT molecular complexity index is 338. The molecule has 0 aromatic carbocycles. The van der Waals surface area contributed by atoms with Gasteiger partial charge in [0.15, 0.2) is 0 Å². The number of nitrogens with zero attached hydrogens (tertiary/aromatic N) is 1. The molecule has 0 aliphatic heterocycles. The lowest BCUT2D eigenvalue weighted by Gasteiger charge is -2.13. The van der Waals surface area contributed by atoms with E-state index >= 15 is 0 Å². The highest BCUT2D eigenvalue weighted by Gasteiger charge is 2.13. The number of halogens is 1. The molecule has 1 heterocycles. The zero-order valence-electron chi connectivity index (χ0n) is 9.62. The molecule has 1 rings (SSSR count). The molecule has 0 fully saturated rings. The van der Waals surface area contributed by atoms with Gasteiger partial charge in [-0.1, -0.05) is 18.5 Å². The molecular weight excluding hydrogens is 228 g/mol. The van der Waals surface area contributed by atoms with E-state index < -0.39 is 0 Å². The second-order valence-electron chi connectivity index (χ2n) is 3.79. The zero-order chi connectivity index (χ0) is 12.0. The molecule has 1 unspecified atom stereocenters. The van der Waals surface area contributed by atoms with E-state index in [1.165, 1.54) is 0 Å². The molecule has 0 aliphatic carbocycles.